The minimum Gasteiger partial charge on any atom is -0.497 e. The summed E-state index contributed by atoms with van der Waals surface area (Å²) in [5, 5.41) is 13.1. The number of benzene rings is 3. The average Bonchev–Trinajstić information content (AvgIpc) is 2.80. The first-order valence-corrected chi connectivity index (χ1v) is 10.3. The van der Waals surface area contributed by atoms with Gasteiger partial charge in [-0.05, 0) is 71.5 Å². The van der Waals surface area contributed by atoms with E-state index in [2.05, 4.69) is 12.2 Å². The quantitative estimate of drug-likeness (QED) is 0.366. The van der Waals surface area contributed by atoms with E-state index in [4.69, 9.17) is 16.3 Å². The number of carbonyl (C=O) groups excluding carboxylic acids is 1. The van der Waals surface area contributed by atoms with Crippen molar-refractivity contribution in [3.05, 3.63) is 99.6 Å². The first kappa shape index (κ1) is 22.1. The molecule has 0 aliphatic heterocycles. The highest BCUT2D eigenvalue weighted by Gasteiger charge is 2.13. The first-order valence-electron chi connectivity index (χ1n) is 9.96. The minimum atomic E-state index is -0.453. The topological polar surface area (TPSA) is 62.1 Å². The van der Waals surface area contributed by atoms with Crippen LogP contribution in [0.15, 0.2) is 72.3 Å². The Kier molecular flexibility index (Phi) is 7.48. The highest BCUT2D eigenvalue weighted by molar-refractivity contribution is 6.31. The Bertz CT molecular complexity index is 1140. The van der Waals surface area contributed by atoms with Crippen molar-refractivity contribution in [3.8, 4) is 11.8 Å². The van der Waals surface area contributed by atoms with Gasteiger partial charge >= 0.3 is 0 Å². The van der Waals surface area contributed by atoms with Gasteiger partial charge in [0, 0.05) is 10.7 Å². The molecular weight excluding hydrogens is 408 g/mol. The van der Waals surface area contributed by atoms with Gasteiger partial charge in [-0.1, -0.05) is 54.9 Å². The molecule has 4 nitrogen and oxygen atoms in total. The number of rotatable bonds is 7. The third-order valence-electron chi connectivity index (χ3n) is 4.97. The molecule has 1 N–H and O–H groups in total. The smallest absolute Gasteiger partial charge is 0.266 e. The number of carbonyl (C=O) groups is 1. The summed E-state index contributed by atoms with van der Waals surface area (Å²) in [6, 6.07) is 22.7. The highest BCUT2D eigenvalue weighted by atomic mass is 35.5. The molecular formula is C26H23ClN2O2. The van der Waals surface area contributed by atoms with Crippen LogP contribution in [0.1, 0.15) is 29.2 Å². The van der Waals surface area contributed by atoms with E-state index in [1.165, 1.54) is 5.56 Å². The molecule has 1 amide bonds. The van der Waals surface area contributed by atoms with E-state index in [9.17, 15) is 10.1 Å². The van der Waals surface area contributed by atoms with Gasteiger partial charge in [-0.3, -0.25) is 4.79 Å². The van der Waals surface area contributed by atoms with E-state index in [-0.39, 0.29) is 5.57 Å². The number of nitriles is 1. The lowest BCUT2D eigenvalue weighted by atomic mass is 9.97. The van der Waals surface area contributed by atoms with Gasteiger partial charge in [-0.25, -0.2) is 0 Å². The molecule has 156 valence electrons. The second kappa shape index (κ2) is 10.5. The maximum atomic E-state index is 12.7. The number of nitrogens with zero attached hydrogens (tertiary/aromatic N) is 1. The Balaban J connectivity index is 1.91. The fraction of sp³-hybridized carbons (Fsp3) is 0.154. The van der Waals surface area contributed by atoms with E-state index in [0.717, 1.165) is 23.1 Å². The van der Waals surface area contributed by atoms with Crippen LogP contribution in [0.4, 0.5) is 5.69 Å². The van der Waals surface area contributed by atoms with Crippen molar-refractivity contribution in [3.63, 3.8) is 0 Å². The number of halogens is 1. The van der Waals surface area contributed by atoms with Gasteiger partial charge in [0.15, 0.2) is 0 Å². The number of hydrogen-bond donors (Lipinski definition) is 1. The predicted octanol–water partition coefficient (Wildman–Crippen LogP) is 6.05. The maximum Gasteiger partial charge on any atom is 0.266 e. The number of hydrogen-bond acceptors (Lipinski definition) is 3. The summed E-state index contributed by atoms with van der Waals surface area (Å²) in [7, 11) is 1.60. The normalized spacial score (nSPS) is 11.0. The molecule has 0 fully saturated rings. The fourth-order valence-electron chi connectivity index (χ4n) is 3.18. The molecule has 3 rings (SSSR count). The molecule has 3 aromatic carbocycles. The summed E-state index contributed by atoms with van der Waals surface area (Å²) >= 11 is 6.33. The molecule has 0 aliphatic rings. The molecule has 0 radical (unpaired) electrons. The van der Waals surface area contributed by atoms with Crippen molar-refractivity contribution in [2.45, 2.75) is 19.8 Å². The van der Waals surface area contributed by atoms with Crippen LogP contribution in [0.5, 0.6) is 5.75 Å². The molecule has 0 saturated heterocycles. The second-order valence-electron chi connectivity index (χ2n) is 7.01. The zero-order valence-corrected chi connectivity index (χ0v) is 18.2. The van der Waals surface area contributed by atoms with Crippen LogP contribution in [-0.4, -0.2) is 13.0 Å². The largest absolute Gasteiger partial charge is 0.497 e. The number of ether oxygens (including phenoxy) is 1. The van der Waals surface area contributed by atoms with Crippen molar-refractivity contribution in [2.24, 2.45) is 0 Å². The standard InChI is InChI=1S/C26H23ClN2O2/c1-3-18-8-11-23(12-9-18)29-26(30)22(17-28)14-19-10-13-24(31-2)16-21(19)15-20-6-4-5-7-25(20)27/h4-14,16H,3,15H2,1-2H3,(H,29,30)/b22-14+. The number of nitrogens with one attached hydrogen (secondary N) is 1. The van der Waals surface area contributed by atoms with Gasteiger partial charge < -0.3 is 10.1 Å². The number of aryl methyl sites for hydroxylation is 1. The summed E-state index contributed by atoms with van der Waals surface area (Å²) in [6.45, 7) is 2.07. The summed E-state index contributed by atoms with van der Waals surface area (Å²) in [6.07, 6.45) is 3.06. The van der Waals surface area contributed by atoms with Gasteiger partial charge in [-0.15, -0.1) is 0 Å². The number of methoxy groups -OCH3 is 1. The van der Waals surface area contributed by atoms with Crippen LogP contribution in [0.25, 0.3) is 6.08 Å². The lowest BCUT2D eigenvalue weighted by Crippen LogP contribution is -2.13. The van der Waals surface area contributed by atoms with Crippen LogP contribution in [0, 0.1) is 11.3 Å². The Labute approximate surface area is 187 Å². The third kappa shape index (κ3) is 5.75. The zero-order valence-electron chi connectivity index (χ0n) is 17.5. The summed E-state index contributed by atoms with van der Waals surface area (Å²) in [5.41, 5.74) is 4.45. The van der Waals surface area contributed by atoms with Crippen molar-refractivity contribution < 1.29 is 9.53 Å². The lowest BCUT2D eigenvalue weighted by Gasteiger charge is -2.11. The molecule has 0 unspecified atom stereocenters. The van der Waals surface area contributed by atoms with Crippen LogP contribution >= 0.6 is 11.6 Å². The average molecular weight is 431 g/mol. The molecule has 0 spiro atoms. The number of anilines is 1. The van der Waals surface area contributed by atoms with Crippen molar-refractivity contribution in [1.29, 1.82) is 5.26 Å². The summed E-state index contributed by atoms with van der Waals surface area (Å²) < 4.78 is 5.36. The van der Waals surface area contributed by atoms with Crippen LogP contribution in [0.2, 0.25) is 5.02 Å². The van der Waals surface area contributed by atoms with Crippen molar-refractivity contribution >= 4 is 29.3 Å². The maximum absolute atomic E-state index is 12.7. The molecule has 0 saturated carbocycles. The van der Waals surface area contributed by atoms with Gasteiger partial charge in [0.25, 0.3) is 5.91 Å². The summed E-state index contributed by atoms with van der Waals surface area (Å²) in [5.74, 6) is 0.240. The molecule has 5 heteroatoms. The van der Waals surface area contributed by atoms with E-state index in [1.807, 2.05) is 66.7 Å². The Hall–Kier alpha value is -3.55. The monoisotopic (exact) mass is 430 g/mol. The second-order valence-corrected chi connectivity index (χ2v) is 7.41. The fourth-order valence-corrected chi connectivity index (χ4v) is 3.38. The molecule has 0 atom stereocenters. The number of amides is 1. The van der Waals surface area contributed by atoms with E-state index in [1.54, 1.807) is 19.3 Å². The van der Waals surface area contributed by atoms with Gasteiger partial charge in [0.05, 0.1) is 7.11 Å². The van der Waals surface area contributed by atoms with Gasteiger partial charge in [-0.2, -0.15) is 5.26 Å². The van der Waals surface area contributed by atoms with Crippen molar-refractivity contribution in [1.82, 2.24) is 0 Å². The van der Waals surface area contributed by atoms with Crippen molar-refractivity contribution in [2.75, 3.05) is 12.4 Å². The molecule has 0 aromatic heterocycles. The van der Waals surface area contributed by atoms with E-state index in [0.29, 0.717) is 22.9 Å². The minimum absolute atomic E-state index is 0.0187. The highest BCUT2D eigenvalue weighted by Crippen LogP contribution is 2.26. The summed E-state index contributed by atoms with van der Waals surface area (Å²) in [4.78, 5) is 12.7. The van der Waals surface area contributed by atoms with Gasteiger partial charge in [0.1, 0.15) is 17.4 Å². The van der Waals surface area contributed by atoms with Crippen LogP contribution in [-0.2, 0) is 17.6 Å². The van der Waals surface area contributed by atoms with E-state index >= 15 is 0 Å². The molecule has 0 heterocycles. The Morgan fingerprint density at radius 1 is 1.10 bits per heavy atom. The predicted molar refractivity (Wildman–Crippen MR) is 125 cm³/mol. The Morgan fingerprint density at radius 3 is 2.48 bits per heavy atom. The zero-order chi connectivity index (χ0) is 22.2. The van der Waals surface area contributed by atoms with Crippen LogP contribution in [0.3, 0.4) is 0 Å². The Morgan fingerprint density at radius 2 is 1.84 bits per heavy atom. The first-order chi connectivity index (χ1) is 15.0. The van der Waals surface area contributed by atoms with Crippen LogP contribution < -0.4 is 10.1 Å². The third-order valence-corrected chi connectivity index (χ3v) is 5.34. The molecule has 3 aromatic rings. The SMILES string of the molecule is CCc1ccc(NC(=O)/C(C#N)=C/c2ccc(OC)cc2Cc2ccccc2Cl)cc1. The van der Waals surface area contributed by atoms with Gasteiger partial charge in [0.2, 0.25) is 0 Å². The molecule has 0 aliphatic carbocycles. The molecule has 0 bridgehead atoms. The molecule has 31 heavy (non-hydrogen) atoms. The lowest BCUT2D eigenvalue weighted by molar-refractivity contribution is -0.112. The van der Waals surface area contributed by atoms with E-state index < -0.39 is 5.91 Å².